The van der Waals surface area contributed by atoms with Gasteiger partial charge in [0.25, 0.3) is 0 Å². The third kappa shape index (κ3) is 3.41. The number of benzene rings is 7. The molecular formula is C38H24O. The van der Waals surface area contributed by atoms with Gasteiger partial charge in [-0.3, -0.25) is 0 Å². The molecule has 0 saturated heterocycles. The molecule has 0 spiro atoms. The lowest BCUT2D eigenvalue weighted by molar-refractivity contribution is 0.670. The molecule has 0 bridgehead atoms. The molecule has 0 N–H and O–H groups in total. The van der Waals surface area contributed by atoms with Crippen LogP contribution in [0.4, 0.5) is 0 Å². The summed E-state index contributed by atoms with van der Waals surface area (Å²) in [5.74, 6) is 0. The third-order valence-corrected chi connectivity index (χ3v) is 6.26. The van der Waals surface area contributed by atoms with Gasteiger partial charge in [-0.05, 0) is 61.4 Å². The van der Waals surface area contributed by atoms with E-state index in [1.54, 1.807) is 0 Å². The molecule has 1 aromatic heterocycles. The Morgan fingerprint density at radius 1 is 0.410 bits per heavy atom. The van der Waals surface area contributed by atoms with E-state index in [9.17, 15) is 5.48 Å². The molecule has 0 radical (unpaired) electrons. The Balaban J connectivity index is 1.69. The van der Waals surface area contributed by atoms with Crippen molar-refractivity contribution < 1.29 is 35.9 Å². The molecule has 0 aliphatic rings. The van der Waals surface area contributed by atoms with Crippen LogP contribution < -0.4 is 0 Å². The molecule has 0 fully saturated rings. The van der Waals surface area contributed by atoms with E-state index in [2.05, 4.69) is 0 Å². The number of rotatable bonds is 3. The van der Waals surface area contributed by atoms with Crippen LogP contribution in [0.15, 0.2) is 149 Å². The van der Waals surface area contributed by atoms with E-state index >= 15 is 0 Å². The minimum absolute atomic E-state index is 0.364. The van der Waals surface area contributed by atoms with Gasteiger partial charge < -0.3 is 4.42 Å². The Morgan fingerprint density at radius 3 is 1.79 bits per heavy atom. The highest BCUT2D eigenvalue weighted by Crippen LogP contribution is 2.44. The molecule has 0 aliphatic heterocycles. The Morgan fingerprint density at radius 2 is 0.974 bits per heavy atom. The van der Waals surface area contributed by atoms with E-state index < -0.39 is 205 Å². The van der Waals surface area contributed by atoms with Gasteiger partial charge in [-0.25, -0.2) is 0 Å². The molecule has 7 aromatic carbocycles. The fourth-order valence-electron chi connectivity index (χ4n) is 4.67. The second kappa shape index (κ2) is 8.72. The van der Waals surface area contributed by atoms with Crippen LogP contribution in [0.2, 0.25) is 0 Å². The van der Waals surface area contributed by atoms with Crippen LogP contribution in [-0.2, 0) is 0 Å². The van der Waals surface area contributed by atoms with Crippen molar-refractivity contribution in [2.45, 2.75) is 0 Å². The summed E-state index contributed by atoms with van der Waals surface area (Å²) in [5, 5.41) is -2.87. The highest BCUT2D eigenvalue weighted by atomic mass is 16.3. The van der Waals surface area contributed by atoms with Gasteiger partial charge in [-0.2, -0.15) is 0 Å². The molecule has 1 heterocycles. The van der Waals surface area contributed by atoms with Gasteiger partial charge in [0.2, 0.25) is 0 Å². The van der Waals surface area contributed by atoms with E-state index in [0.717, 1.165) is 6.07 Å². The number of furan rings is 1. The first-order chi connectivity index (χ1) is 28.9. The lowest BCUT2D eigenvalue weighted by Gasteiger charge is -2.18. The summed E-state index contributed by atoms with van der Waals surface area (Å²) in [6.45, 7) is 0. The highest BCUT2D eigenvalue weighted by Gasteiger charge is 2.17. The van der Waals surface area contributed by atoms with Crippen LogP contribution >= 0.6 is 0 Å². The molecule has 0 saturated carbocycles. The van der Waals surface area contributed by atoms with Crippen LogP contribution in [0.1, 0.15) is 31.5 Å². The maximum absolute atomic E-state index is 9.73. The van der Waals surface area contributed by atoms with Gasteiger partial charge >= 0.3 is 0 Å². The van der Waals surface area contributed by atoms with Crippen molar-refractivity contribution >= 4 is 43.5 Å². The Hall–Kier alpha value is -5.14. The van der Waals surface area contributed by atoms with Gasteiger partial charge in [-0.1, -0.05) is 133 Å². The average molecular weight is 520 g/mol. The number of para-hydroxylation sites is 2. The first-order valence-corrected chi connectivity index (χ1v) is 11.5. The van der Waals surface area contributed by atoms with E-state index in [1.807, 2.05) is 0 Å². The second-order valence-corrected chi connectivity index (χ2v) is 8.34. The van der Waals surface area contributed by atoms with Crippen LogP contribution in [-0.4, -0.2) is 0 Å². The summed E-state index contributed by atoms with van der Waals surface area (Å²) in [6, 6.07) is -18.1. The quantitative estimate of drug-likeness (QED) is 0.212. The fourth-order valence-corrected chi connectivity index (χ4v) is 4.67. The topological polar surface area (TPSA) is 13.1 Å². The molecule has 39 heavy (non-hydrogen) atoms. The summed E-state index contributed by atoms with van der Waals surface area (Å²) in [5.41, 5.74) is -4.87. The molecule has 0 aliphatic carbocycles. The Bertz CT molecular complexity index is 3410. The Labute approximate surface area is 258 Å². The minimum atomic E-state index is -0.980. The van der Waals surface area contributed by atoms with Gasteiger partial charge in [0.15, 0.2) is 0 Å². The zero-order valence-corrected chi connectivity index (χ0v) is 19.5. The number of fused-ring (bicyclic) bond motifs is 5. The summed E-state index contributed by atoms with van der Waals surface area (Å²) >= 11 is 0. The van der Waals surface area contributed by atoms with Crippen LogP contribution in [0, 0.1) is 0 Å². The van der Waals surface area contributed by atoms with Crippen molar-refractivity contribution in [2.75, 3.05) is 0 Å². The molecule has 182 valence electrons. The maximum atomic E-state index is 9.73. The van der Waals surface area contributed by atoms with Crippen LogP contribution in [0.3, 0.4) is 0 Å². The molecule has 0 atom stereocenters. The monoisotopic (exact) mass is 519 g/mol. The lowest BCUT2D eigenvalue weighted by Crippen LogP contribution is -1.91. The van der Waals surface area contributed by atoms with Crippen LogP contribution in [0.25, 0.3) is 76.9 Å². The highest BCUT2D eigenvalue weighted by molar-refractivity contribution is 6.21. The van der Waals surface area contributed by atoms with Crippen molar-refractivity contribution in [1.29, 1.82) is 0 Å². The van der Waals surface area contributed by atoms with Crippen molar-refractivity contribution in [3.8, 4) is 33.4 Å². The molecule has 8 aromatic rings. The summed E-state index contributed by atoms with van der Waals surface area (Å²) < 4.78 is 208. The number of hydrogen-bond acceptors (Lipinski definition) is 1. The van der Waals surface area contributed by atoms with Crippen molar-refractivity contribution in [2.24, 2.45) is 0 Å². The fraction of sp³-hybridized carbons (Fsp3) is 0. The van der Waals surface area contributed by atoms with Gasteiger partial charge in [0, 0.05) is 16.3 Å². The Kier molecular flexibility index (Phi) is 2.00. The third-order valence-electron chi connectivity index (χ3n) is 6.26. The second-order valence-electron chi connectivity index (χ2n) is 8.34. The normalized spacial score (nSPS) is 19.8. The first-order valence-electron chi connectivity index (χ1n) is 23.0. The molecular weight excluding hydrogens is 472 g/mol. The maximum Gasteiger partial charge on any atom is 0.143 e. The summed E-state index contributed by atoms with van der Waals surface area (Å²) in [7, 11) is 0. The van der Waals surface area contributed by atoms with Crippen molar-refractivity contribution in [3.05, 3.63) is 145 Å². The van der Waals surface area contributed by atoms with Crippen LogP contribution in [0.5, 0.6) is 0 Å². The standard InChI is InChI=1S/C38H24O/c1-2-12-25(13-3-1)36-30-17-4-6-19-32(30)37(33-20-7-5-18-31(33)36)27-15-10-14-26(24-27)28-21-11-22-34-29-16-8-9-23-35(29)39-38(28)34/h1-24H/i1D,2D,3D,4D,5D,6D,7D,8D,9D,10D,11D,12D,13D,14D,15D,16D,17D,19D,20D,21D,22D,23D,24D. The van der Waals surface area contributed by atoms with E-state index in [1.165, 1.54) is 0 Å². The molecule has 8 rings (SSSR count). The molecule has 0 unspecified atom stereocenters. The van der Waals surface area contributed by atoms with Gasteiger partial charge in [-0.15, -0.1) is 0 Å². The minimum Gasteiger partial charge on any atom is -0.455 e. The zero-order valence-electron chi connectivity index (χ0n) is 42.5. The predicted octanol–water partition coefficient (Wildman–Crippen LogP) is 10.9. The largest absolute Gasteiger partial charge is 0.455 e. The summed E-state index contributed by atoms with van der Waals surface area (Å²) in [4.78, 5) is 0. The van der Waals surface area contributed by atoms with Crippen molar-refractivity contribution in [1.82, 2.24) is 0 Å². The first kappa shape index (κ1) is 8.97. The SMILES string of the molecule is [2H]c1cc2c(-c3c([2H])c([2H])c([2H])c([2H])c3[2H])c3c([2H])c([2H])c([2H])c([2H])c3c(-c3c([2H])c([2H])c([2H])c(-c4c([2H])c([2H])c([2H])c5c4oc4c([2H])c([2H])c([2H])c([2H])c45)c3[2H])c2c([2H])c1[2H]. The molecule has 1 nitrogen and oxygen atoms in total. The average Bonchev–Trinajstić information content (AvgIpc) is 3.64. The predicted molar refractivity (Wildman–Crippen MR) is 165 cm³/mol. The summed E-state index contributed by atoms with van der Waals surface area (Å²) in [6.07, 6.45) is 0. The number of hydrogen-bond donors (Lipinski definition) is 0. The smallest absolute Gasteiger partial charge is 0.143 e. The lowest BCUT2D eigenvalue weighted by atomic mass is 9.85. The van der Waals surface area contributed by atoms with Gasteiger partial charge in [0.05, 0.1) is 31.5 Å². The molecule has 1 heteroatoms. The molecule has 0 amide bonds. The van der Waals surface area contributed by atoms with E-state index in [0.29, 0.717) is 0 Å². The van der Waals surface area contributed by atoms with E-state index in [4.69, 9.17) is 30.5 Å². The van der Waals surface area contributed by atoms with Gasteiger partial charge in [0.1, 0.15) is 11.2 Å². The van der Waals surface area contributed by atoms with E-state index in [-0.39, 0.29) is 10.8 Å². The zero-order chi connectivity index (χ0) is 45.8. The van der Waals surface area contributed by atoms with Crippen molar-refractivity contribution in [3.63, 3.8) is 0 Å².